The van der Waals surface area contributed by atoms with Gasteiger partial charge in [0.15, 0.2) is 17.4 Å². The molecule has 2 fully saturated rings. The number of carbonyl (C=O) groups excluding carboxylic acids is 2. The molecule has 2 aromatic rings. The highest BCUT2D eigenvalue weighted by Gasteiger charge is 2.28. The van der Waals surface area contributed by atoms with Gasteiger partial charge < -0.3 is 20.5 Å². The molecule has 7 nitrogen and oxygen atoms in total. The van der Waals surface area contributed by atoms with Gasteiger partial charge in [-0.2, -0.15) is 0 Å². The Morgan fingerprint density at radius 2 is 1.37 bits per heavy atom. The third kappa shape index (κ3) is 6.35. The fourth-order valence-corrected chi connectivity index (χ4v) is 4.28. The average molecular weight is 487 g/mol. The van der Waals surface area contributed by atoms with E-state index in [1.165, 1.54) is 18.4 Å². The fraction of sp³-hybridized carbons (Fsp3) is 0.423. The van der Waals surface area contributed by atoms with Crippen LogP contribution in [0.5, 0.6) is 5.75 Å². The first-order valence-electron chi connectivity index (χ1n) is 11.9. The molecule has 0 spiro atoms. The van der Waals surface area contributed by atoms with Crippen molar-refractivity contribution in [2.24, 2.45) is 5.92 Å². The number of benzene rings is 2. The maximum absolute atomic E-state index is 14.5. The molecule has 0 heterocycles. The van der Waals surface area contributed by atoms with Gasteiger partial charge in [0.1, 0.15) is 0 Å². The summed E-state index contributed by atoms with van der Waals surface area (Å²) in [7, 11) is 0. The van der Waals surface area contributed by atoms with Gasteiger partial charge in [0.2, 0.25) is 0 Å². The fourth-order valence-electron chi connectivity index (χ4n) is 4.28. The van der Waals surface area contributed by atoms with Crippen molar-refractivity contribution < 1.29 is 33.0 Å². The van der Waals surface area contributed by atoms with E-state index in [0.29, 0.717) is 37.2 Å². The number of carboxylic acid groups (broad SMARTS) is 1. The Kier molecular flexibility index (Phi) is 7.63. The molecule has 0 aromatic heterocycles. The van der Waals surface area contributed by atoms with Crippen LogP contribution in [0.3, 0.4) is 0 Å². The molecule has 0 unspecified atom stereocenters. The smallest absolute Gasteiger partial charge is 0.306 e. The van der Waals surface area contributed by atoms with Crippen LogP contribution in [0.2, 0.25) is 0 Å². The van der Waals surface area contributed by atoms with E-state index in [9.17, 15) is 23.2 Å². The normalized spacial score (nSPS) is 19.6. The van der Waals surface area contributed by atoms with Gasteiger partial charge in [-0.25, -0.2) is 8.78 Å². The Balaban J connectivity index is 1.24. The molecule has 2 aromatic carbocycles. The van der Waals surface area contributed by atoms with Gasteiger partial charge >= 0.3 is 5.97 Å². The molecule has 0 radical (unpaired) electrons. The molecule has 3 N–H and O–H groups in total. The Hall–Kier alpha value is -3.49. The van der Waals surface area contributed by atoms with Crippen LogP contribution in [-0.4, -0.2) is 42.1 Å². The Labute approximate surface area is 201 Å². The predicted molar refractivity (Wildman–Crippen MR) is 123 cm³/mol. The minimum atomic E-state index is -1.00. The molecule has 0 atom stereocenters. The molecule has 2 aliphatic carbocycles. The van der Waals surface area contributed by atoms with Gasteiger partial charge in [-0.15, -0.1) is 0 Å². The van der Waals surface area contributed by atoms with Gasteiger partial charge in [0.05, 0.1) is 12.0 Å². The van der Waals surface area contributed by atoms with Crippen molar-refractivity contribution in [1.29, 1.82) is 0 Å². The zero-order valence-corrected chi connectivity index (χ0v) is 19.2. The Morgan fingerprint density at radius 1 is 0.829 bits per heavy atom. The summed E-state index contributed by atoms with van der Waals surface area (Å²) in [6, 6.07) is 9.24. The predicted octanol–water partition coefficient (Wildman–Crippen LogP) is 4.02. The van der Waals surface area contributed by atoms with Crippen LogP contribution in [-0.2, 0) is 4.79 Å². The van der Waals surface area contributed by atoms with Crippen molar-refractivity contribution >= 4 is 17.8 Å². The summed E-state index contributed by atoms with van der Waals surface area (Å²) in [5, 5.41) is 14.3. The minimum Gasteiger partial charge on any atom is -0.484 e. The van der Waals surface area contributed by atoms with Crippen LogP contribution in [0.4, 0.5) is 8.78 Å². The number of amides is 2. The number of hydrogen-bond donors (Lipinski definition) is 3. The molecule has 186 valence electrons. The van der Waals surface area contributed by atoms with Crippen LogP contribution >= 0.6 is 0 Å². The summed E-state index contributed by atoms with van der Waals surface area (Å²) in [6.45, 7) is 0.235. The number of hydrogen-bond acceptors (Lipinski definition) is 4. The standard InChI is InChI=1S/C26H28F2N2O5/c27-21-13-19(14-22(28)23(21)35-20-9-7-18(8-10-20)26(33)34)25(32)30-12-11-29-24(31)17-5-3-16(4-6-17)15-1-2-15/h3-6,13-15,18,20H,1-2,7-12H2,(H,29,31)(H,30,32)(H,33,34). The second-order valence-corrected chi connectivity index (χ2v) is 9.11. The molecule has 35 heavy (non-hydrogen) atoms. The molecule has 0 saturated heterocycles. The maximum atomic E-state index is 14.5. The highest BCUT2D eigenvalue weighted by Crippen LogP contribution is 2.39. The van der Waals surface area contributed by atoms with Gasteiger partial charge in [-0.05, 0) is 74.3 Å². The zero-order valence-electron chi connectivity index (χ0n) is 19.2. The molecular formula is C26H28F2N2O5. The third-order valence-corrected chi connectivity index (χ3v) is 6.49. The van der Waals surface area contributed by atoms with Crippen molar-refractivity contribution in [2.45, 2.75) is 50.5 Å². The first-order chi connectivity index (χ1) is 16.8. The molecule has 0 aliphatic heterocycles. The van der Waals surface area contributed by atoms with E-state index in [1.54, 1.807) is 12.1 Å². The van der Waals surface area contributed by atoms with Crippen LogP contribution in [0, 0.1) is 17.6 Å². The molecule has 2 aliphatic rings. The molecule has 2 amide bonds. The van der Waals surface area contributed by atoms with Crippen molar-refractivity contribution in [3.63, 3.8) is 0 Å². The van der Waals surface area contributed by atoms with E-state index in [2.05, 4.69) is 10.6 Å². The van der Waals surface area contributed by atoms with Crippen molar-refractivity contribution in [1.82, 2.24) is 10.6 Å². The van der Waals surface area contributed by atoms with E-state index in [-0.39, 0.29) is 24.6 Å². The maximum Gasteiger partial charge on any atom is 0.306 e. The summed E-state index contributed by atoms with van der Waals surface area (Å²) >= 11 is 0. The lowest BCUT2D eigenvalue weighted by atomic mass is 9.87. The van der Waals surface area contributed by atoms with Gasteiger partial charge in [-0.1, -0.05) is 12.1 Å². The van der Waals surface area contributed by atoms with Crippen LogP contribution in [0.15, 0.2) is 36.4 Å². The Bertz CT molecular complexity index is 1070. The molecule has 9 heteroatoms. The first-order valence-corrected chi connectivity index (χ1v) is 11.9. The highest BCUT2D eigenvalue weighted by atomic mass is 19.1. The topological polar surface area (TPSA) is 105 Å². The number of nitrogens with one attached hydrogen (secondary N) is 2. The van der Waals surface area contributed by atoms with Gasteiger partial charge in [0.25, 0.3) is 11.8 Å². The Morgan fingerprint density at radius 3 is 1.89 bits per heavy atom. The van der Waals surface area contributed by atoms with E-state index >= 15 is 0 Å². The van der Waals surface area contributed by atoms with Gasteiger partial charge in [-0.3, -0.25) is 14.4 Å². The summed E-state index contributed by atoms with van der Waals surface area (Å²) in [5.74, 6) is -4.25. The third-order valence-electron chi connectivity index (χ3n) is 6.49. The van der Waals surface area contributed by atoms with Crippen LogP contribution in [0.1, 0.15) is 70.7 Å². The lowest BCUT2D eigenvalue weighted by Gasteiger charge is -2.27. The van der Waals surface area contributed by atoms with E-state index in [0.717, 1.165) is 12.1 Å². The SMILES string of the molecule is O=C(NCCNC(=O)c1cc(F)c(OC2CCC(C(=O)O)CC2)c(F)c1)c1ccc(C2CC2)cc1. The number of ether oxygens (including phenoxy) is 1. The second kappa shape index (κ2) is 10.8. The number of halogens is 2. The summed E-state index contributed by atoms with van der Waals surface area (Å²) in [6.07, 6.45) is 3.41. The van der Waals surface area contributed by atoms with Crippen molar-refractivity contribution in [3.05, 3.63) is 64.7 Å². The van der Waals surface area contributed by atoms with E-state index in [1.807, 2.05) is 12.1 Å². The summed E-state index contributed by atoms with van der Waals surface area (Å²) in [5.41, 5.74) is 1.55. The van der Waals surface area contributed by atoms with Crippen molar-refractivity contribution in [2.75, 3.05) is 13.1 Å². The van der Waals surface area contributed by atoms with Crippen LogP contribution < -0.4 is 15.4 Å². The summed E-state index contributed by atoms with van der Waals surface area (Å²) in [4.78, 5) is 35.6. The molecule has 2 saturated carbocycles. The molecular weight excluding hydrogens is 458 g/mol. The average Bonchev–Trinajstić information content (AvgIpc) is 3.69. The quantitative estimate of drug-likeness (QED) is 0.465. The van der Waals surface area contributed by atoms with Crippen molar-refractivity contribution in [3.8, 4) is 5.75 Å². The molecule has 4 rings (SSSR count). The largest absolute Gasteiger partial charge is 0.484 e. The minimum absolute atomic E-state index is 0.0824. The number of carbonyl (C=O) groups is 3. The lowest BCUT2D eigenvalue weighted by molar-refractivity contribution is -0.143. The highest BCUT2D eigenvalue weighted by molar-refractivity contribution is 5.95. The first kappa shape index (κ1) is 24.6. The van der Waals surface area contributed by atoms with E-state index in [4.69, 9.17) is 9.84 Å². The number of aliphatic carboxylic acids is 1. The molecule has 0 bridgehead atoms. The van der Waals surface area contributed by atoms with E-state index < -0.39 is 41.3 Å². The number of rotatable bonds is 9. The summed E-state index contributed by atoms with van der Waals surface area (Å²) < 4.78 is 34.4. The zero-order chi connectivity index (χ0) is 24.9. The number of carboxylic acids is 1. The van der Waals surface area contributed by atoms with Crippen LogP contribution in [0.25, 0.3) is 0 Å². The van der Waals surface area contributed by atoms with Gasteiger partial charge in [0, 0.05) is 24.2 Å². The monoisotopic (exact) mass is 486 g/mol. The second-order valence-electron chi connectivity index (χ2n) is 9.11. The lowest BCUT2D eigenvalue weighted by Crippen LogP contribution is -2.34.